The predicted octanol–water partition coefficient (Wildman–Crippen LogP) is 1.61. The number of aryl methyl sites for hydroxylation is 1. The molecule has 0 radical (unpaired) electrons. The highest BCUT2D eigenvalue weighted by Crippen LogP contribution is 2.18. The molecule has 7 heteroatoms. The van der Waals surface area contributed by atoms with E-state index in [-0.39, 0.29) is 42.3 Å². The Labute approximate surface area is 143 Å². The zero-order chi connectivity index (χ0) is 17.7. The van der Waals surface area contributed by atoms with Gasteiger partial charge in [0.1, 0.15) is 0 Å². The van der Waals surface area contributed by atoms with Gasteiger partial charge in [0.25, 0.3) is 0 Å². The van der Waals surface area contributed by atoms with Gasteiger partial charge >= 0.3 is 0 Å². The van der Waals surface area contributed by atoms with Crippen molar-refractivity contribution in [1.29, 1.82) is 0 Å². The third kappa shape index (κ3) is 5.06. The molecule has 2 rings (SSSR count). The predicted molar refractivity (Wildman–Crippen MR) is 93.5 cm³/mol. The van der Waals surface area contributed by atoms with Crippen molar-refractivity contribution < 1.29 is 18.0 Å². The van der Waals surface area contributed by atoms with Crippen LogP contribution in [0.3, 0.4) is 0 Å². The number of carbonyl (C=O) groups is 2. The lowest BCUT2D eigenvalue weighted by atomic mass is 10.1. The van der Waals surface area contributed by atoms with Gasteiger partial charge in [-0.2, -0.15) is 0 Å². The first-order valence-electron chi connectivity index (χ1n) is 8.17. The van der Waals surface area contributed by atoms with E-state index in [2.05, 4.69) is 12.2 Å². The van der Waals surface area contributed by atoms with Gasteiger partial charge in [-0.3, -0.25) is 9.59 Å². The standard InChI is InChI=1S/C17H24N2O4S/c1-3-14-4-6-15(7-5-14)18-17(21)8-10-19(13(2)20)16-9-11-24(22,23)12-16/h4-7,16H,3,8-12H2,1-2H3,(H,18,21). The normalized spacial score (nSPS) is 19.0. The fraction of sp³-hybridized carbons (Fsp3) is 0.529. The van der Waals surface area contributed by atoms with Crippen LogP contribution < -0.4 is 5.32 Å². The highest BCUT2D eigenvalue weighted by atomic mass is 32.2. The second-order valence-electron chi connectivity index (χ2n) is 6.12. The Bertz CT molecular complexity index is 698. The van der Waals surface area contributed by atoms with Gasteiger partial charge in [-0.05, 0) is 30.5 Å². The quantitative estimate of drug-likeness (QED) is 0.843. The first-order chi connectivity index (χ1) is 11.3. The molecule has 1 fully saturated rings. The van der Waals surface area contributed by atoms with E-state index in [1.165, 1.54) is 17.4 Å². The van der Waals surface area contributed by atoms with E-state index in [0.717, 1.165) is 12.1 Å². The van der Waals surface area contributed by atoms with Crippen LogP contribution in [0.25, 0.3) is 0 Å². The van der Waals surface area contributed by atoms with Crippen LogP contribution in [-0.2, 0) is 25.8 Å². The maximum Gasteiger partial charge on any atom is 0.226 e. The van der Waals surface area contributed by atoms with Crippen molar-refractivity contribution in [2.45, 2.75) is 39.2 Å². The summed E-state index contributed by atoms with van der Waals surface area (Å²) in [5, 5.41) is 2.80. The Morgan fingerprint density at radius 1 is 1.25 bits per heavy atom. The van der Waals surface area contributed by atoms with Crippen molar-refractivity contribution in [1.82, 2.24) is 4.90 Å². The number of amides is 2. The van der Waals surface area contributed by atoms with Gasteiger partial charge in [0.2, 0.25) is 11.8 Å². The van der Waals surface area contributed by atoms with E-state index >= 15 is 0 Å². The fourth-order valence-electron chi connectivity index (χ4n) is 2.89. The molecule has 1 heterocycles. The van der Waals surface area contributed by atoms with Crippen molar-refractivity contribution in [3.8, 4) is 0 Å². The van der Waals surface area contributed by atoms with Crippen LogP contribution in [0, 0.1) is 0 Å². The largest absolute Gasteiger partial charge is 0.338 e. The molecule has 1 aliphatic rings. The molecular formula is C17H24N2O4S. The fourth-order valence-corrected chi connectivity index (χ4v) is 4.62. The monoisotopic (exact) mass is 352 g/mol. The number of hydrogen-bond acceptors (Lipinski definition) is 4. The number of nitrogens with zero attached hydrogens (tertiary/aromatic N) is 1. The summed E-state index contributed by atoms with van der Waals surface area (Å²) < 4.78 is 23.2. The second-order valence-corrected chi connectivity index (χ2v) is 8.35. The molecule has 1 aliphatic heterocycles. The Morgan fingerprint density at radius 2 is 1.92 bits per heavy atom. The Morgan fingerprint density at radius 3 is 2.42 bits per heavy atom. The summed E-state index contributed by atoms with van der Waals surface area (Å²) in [5.74, 6) is -0.284. The Hall–Kier alpha value is -1.89. The molecule has 0 saturated carbocycles. The van der Waals surface area contributed by atoms with E-state index in [0.29, 0.717) is 6.42 Å². The lowest BCUT2D eigenvalue weighted by Gasteiger charge is -2.26. The van der Waals surface area contributed by atoms with Crippen LogP contribution in [0.4, 0.5) is 5.69 Å². The molecule has 1 atom stereocenters. The van der Waals surface area contributed by atoms with Crippen LogP contribution >= 0.6 is 0 Å². The second kappa shape index (κ2) is 7.79. The molecule has 0 spiro atoms. The van der Waals surface area contributed by atoms with Crippen molar-refractivity contribution >= 4 is 27.3 Å². The molecule has 132 valence electrons. The van der Waals surface area contributed by atoms with Crippen molar-refractivity contribution in [2.24, 2.45) is 0 Å². The number of rotatable bonds is 6. The van der Waals surface area contributed by atoms with Crippen LogP contribution in [0.15, 0.2) is 24.3 Å². The number of nitrogens with one attached hydrogen (secondary N) is 1. The van der Waals surface area contributed by atoms with Crippen LogP contribution in [0.2, 0.25) is 0 Å². The molecule has 1 aromatic rings. The lowest BCUT2D eigenvalue weighted by Crippen LogP contribution is -2.41. The molecule has 2 amide bonds. The number of anilines is 1. The minimum atomic E-state index is -3.06. The first-order valence-corrected chi connectivity index (χ1v) is 9.99. The molecule has 6 nitrogen and oxygen atoms in total. The summed E-state index contributed by atoms with van der Waals surface area (Å²) in [7, 11) is -3.06. The topological polar surface area (TPSA) is 83.6 Å². The van der Waals surface area contributed by atoms with Crippen molar-refractivity contribution in [3.63, 3.8) is 0 Å². The molecule has 1 aromatic carbocycles. The summed E-state index contributed by atoms with van der Waals surface area (Å²) in [6, 6.07) is 7.30. The van der Waals surface area contributed by atoms with Gasteiger partial charge in [0.05, 0.1) is 11.5 Å². The Kier molecular flexibility index (Phi) is 5.99. The van der Waals surface area contributed by atoms with E-state index < -0.39 is 9.84 Å². The van der Waals surface area contributed by atoms with Gasteiger partial charge in [-0.25, -0.2) is 8.42 Å². The lowest BCUT2D eigenvalue weighted by molar-refractivity contribution is -0.131. The van der Waals surface area contributed by atoms with Gasteiger partial charge < -0.3 is 10.2 Å². The van der Waals surface area contributed by atoms with Gasteiger partial charge in [0, 0.05) is 31.6 Å². The van der Waals surface area contributed by atoms with Gasteiger partial charge in [-0.1, -0.05) is 19.1 Å². The number of carbonyl (C=O) groups excluding carboxylic acids is 2. The zero-order valence-electron chi connectivity index (χ0n) is 14.1. The highest BCUT2D eigenvalue weighted by Gasteiger charge is 2.33. The molecule has 1 saturated heterocycles. The molecule has 1 N–H and O–H groups in total. The average Bonchev–Trinajstić information content (AvgIpc) is 2.87. The summed E-state index contributed by atoms with van der Waals surface area (Å²) in [4.78, 5) is 25.4. The summed E-state index contributed by atoms with van der Waals surface area (Å²) in [6.07, 6.45) is 1.53. The average molecular weight is 352 g/mol. The molecule has 24 heavy (non-hydrogen) atoms. The van der Waals surface area contributed by atoms with Gasteiger partial charge in [0.15, 0.2) is 9.84 Å². The molecule has 0 bridgehead atoms. The summed E-state index contributed by atoms with van der Waals surface area (Å²) >= 11 is 0. The highest BCUT2D eigenvalue weighted by molar-refractivity contribution is 7.91. The molecule has 0 aliphatic carbocycles. The third-order valence-electron chi connectivity index (χ3n) is 4.28. The van der Waals surface area contributed by atoms with E-state index in [4.69, 9.17) is 0 Å². The van der Waals surface area contributed by atoms with Crippen LogP contribution in [-0.4, -0.2) is 49.2 Å². The van der Waals surface area contributed by atoms with Crippen LogP contribution in [0.1, 0.15) is 32.3 Å². The maximum atomic E-state index is 12.1. The molecular weight excluding hydrogens is 328 g/mol. The smallest absolute Gasteiger partial charge is 0.226 e. The SMILES string of the molecule is CCc1ccc(NC(=O)CCN(C(C)=O)C2CCS(=O)(=O)C2)cc1. The Balaban J connectivity index is 1.89. The first kappa shape index (κ1) is 18.4. The summed E-state index contributed by atoms with van der Waals surface area (Å²) in [5.41, 5.74) is 1.91. The summed E-state index contributed by atoms with van der Waals surface area (Å²) in [6.45, 7) is 3.70. The minimum Gasteiger partial charge on any atom is -0.338 e. The van der Waals surface area contributed by atoms with Crippen molar-refractivity contribution in [3.05, 3.63) is 29.8 Å². The third-order valence-corrected chi connectivity index (χ3v) is 6.03. The number of hydrogen-bond donors (Lipinski definition) is 1. The minimum absolute atomic E-state index is 0.00726. The van der Waals surface area contributed by atoms with Crippen LogP contribution in [0.5, 0.6) is 0 Å². The van der Waals surface area contributed by atoms with E-state index in [1.807, 2.05) is 24.3 Å². The zero-order valence-corrected chi connectivity index (χ0v) is 14.9. The van der Waals surface area contributed by atoms with E-state index in [9.17, 15) is 18.0 Å². The number of benzene rings is 1. The maximum absolute atomic E-state index is 12.1. The molecule has 1 unspecified atom stereocenters. The van der Waals surface area contributed by atoms with Gasteiger partial charge in [-0.15, -0.1) is 0 Å². The van der Waals surface area contributed by atoms with E-state index in [1.54, 1.807) is 0 Å². The van der Waals surface area contributed by atoms with Crippen molar-refractivity contribution in [2.75, 3.05) is 23.4 Å². The molecule has 0 aromatic heterocycles. The number of sulfone groups is 1.